The standard InChI is InChI=1S/C100H84N2/c1-73-13-53-89(54-14-73)99(90-55-15-74(2)16-56-90)11-7-9-79-25-29-81(30-26-79)37-41-85-45-65-95(66-46-85)101(93-61-21-77(5)22-62-93)97-69-49-87(50-70-97)43-39-83-33-35-84(36-34-83)40-44-88-51-71-98(72-52-88)102(94-63-23-78(6)24-64-94)96-67-47-86(48-68-96)42-38-82-31-27-80(28-32-82)10-8-12-100(91-57-17-75(3)18-58-91)92-59-19-76(4)20-60-92/h7-72H,1-6H3. The third kappa shape index (κ3) is 18.2. The summed E-state index contributed by atoms with van der Waals surface area (Å²) in [5.74, 6) is 0. The van der Waals surface area contributed by atoms with E-state index in [1.54, 1.807) is 0 Å². The van der Waals surface area contributed by atoms with Gasteiger partial charge in [0, 0.05) is 34.1 Å². The van der Waals surface area contributed by atoms with Crippen molar-refractivity contribution < 1.29 is 0 Å². The first-order chi connectivity index (χ1) is 49.9. The molecule has 494 valence electrons. The third-order valence-corrected chi connectivity index (χ3v) is 18.4. The monoisotopic (exact) mass is 1310 g/mol. The van der Waals surface area contributed by atoms with Crippen LogP contribution in [0.2, 0.25) is 0 Å². The Balaban J connectivity index is 0.618. The van der Waals surface area contributed by atoms with Crippen LogP contribution < -0.4 is 9.80 Å². The summed E-state index contributed by atoms with van der Waals surface area (Å²) >= 11 is 0. The predicted molar refractivity (Wildman–Crippen MR) is 444 cm³/mol. The van der Waals surface area contributed by atoms with Crippen LogP contribution in [-0.2, 0) is 0 Å². The first-order valence-corrected chi connectivity index (χ1v) is 35.2. The Bertz CT molecular complexity index is 4730. The predicted octanol–water partition coefficient (Wildman–Crippen LogP) is 27.4. The fourth-order valence-electron chi connectivity index (χ4n) is 12.3. The maximum Gasteiger partial charge on any atom is 0.0462 e. The lowest BCUT2D eigenvalue weighted by Gasteiger charge is -2.26. The van der Waals surface area contributed by atoms with Crippen LogP contribution in [0.25, 0.3) is 71.9 Å². The second-order valence-corrected chi connectivity index (χ2v) is 26.4. The van der Waals surface area contributed by atoms with Crippen LogP contribution in [0, 0.1) is 41.5 Å². The van der Waals surface area contributed by atoms with E-state index in [0.29, 0.717) is 0 Å². The second kappa shape index (κ2) is 32.8. The fourth-order valence-corrected chi connectivity index (χ4v) is 12.3. The van der Waals surface area contributed by atoms with E-state index in [4.69, 9.17) is 0 Å². The molecule has 0 amide bonds. The van der Waals surface area contributed by atoms with Crippen molar-refractivity contribution in [3.05, 3.63) is 451 Å². The number of benzene rings is 13. The summed E-state index contributed by atoms with van der Waals surface area (Å²) in [5, 5.41) is 0. The highest BCUT2D eigenvalue weighted by Gasteiger charge is 2.15. The van der Waals surface area contributed by atoms with Crippen molar-refractivity contribution >= 4 is 106 Å². The number of aryl methyl sites for hydroxylation is 6. The van der Waals surface area contributed by atoms with Gasteiger partial charge < -0.3 is 9.80 Å². The topological polar surface area (TPSA) is 6.48 Å². The number of anilines is 6. The molecule has 0 unspecified atom stereocenters. The van der Waals surface area contributed by atoms with Crippen LogP contribution in [0.4, 0.5) is 34.1 Å². The zero-order valence-corrected chi connectivity index (χ0v) is 59.0. The summed E-state index contributed by atoms with van der Waals surface area (Å²) in [6, 6.07) is 114. The molecule has 13 aromatic carbocycles. The Morgan fingerprint density at radius 2 is 0.304 bits per heavy atom. The van der Waals surface area contributed by atoms with E-state index >= 15 is 0 Å². The molecule has 2 nitrogen and oxygen atoms in total. The lowest BCUT2D eigenvalue weighted by Crippen LogP contribution is -2.09. The molecule has 0 saturated heterocycles. The maximum absolute atomic E-state index is 2.32. The summed E-state index contributed by atoms with van der Waals surface area (Å²) in [5.41, 5.74) is 32.7. The van der Waals surface area contributed by atoms with Crippen LogP contribution >= 0.6 is 0 Å². The largest absolute Gasteiger partial charge is 0.311 e. The summed E-state index contributed by atoms with van der Waals surface area (Å²) in [6.45, 7) is 12.8. The lowest BCUT2D eigenvalue weighted by molar-refractivity contribution is 1.27. The molecule has 0 aliphatic carbocycles. The highest BCUT2D eigenvalue weighted by molar-refractivity contribution is 5.86. The quantitative estimate of drug-likeness (QED) is 0.0493. The molecule has 0 aliphatic heterocycles. The molecular formula is C100H84N2. The first kappa shape index (κ1) is 67.9. The van der Waals surface area contributed by atoms with Crippen LogP contribution in [0.15, 0.2) is 340 Å². The molecule has 0 fully saturated rings. The van der Waals surface area contributed by atoms with E-state index in [0.717, 1.165) is 89.8 Å². The Kier molecular flexibility index (Phi) is 21.9. The minimum absolute atomic E-state index is 1.09. The van der Waals surface area contributed by atoms with Gasteiger partial charge in [0.15, 0.2) is 0 Å². The van der Waals surface area contributed by atoms with Gasteiger partial charge in [0.25, 0.3) is 0 Å². The molecule has 0 aromatic heterocycles. The third-order valence-electron chi connectivity index (χ3n) is 18.4. The van der Waals surface area contributed by atoms with Gasteiger partial charge in [0.05, 0.1) is 0 Å². The van der Waals surface area contributed by atoms with Crippen LogP contribution in [-0.4, -0.2) is 0 Å². The molecule has 0 N–H and O–H groups in total. The van der Waals surface area contributed by atoms with Crippen molar-refractivity contribution in [3.63, 3.8) is 0 Å². The lowest BCUT2D eigenvalue weighted by atomic mass is 9.96. The molecule has 2 heteroatoms. The molecule has 13 aromatic rings. The summed E-state index contributed by atoms with van der Waals surface area (Å²) in [7, 11) is 0. The zero-order valence-electron chi connectivity index (χ0n) is 59.0. The van der Waals surface area contributed by atoms with Gasteiger partial charge >= 0.3 is 0 Å². The van der Waals surface area contributed by atoms with E-state index in [-0.39, 0.29) is 0 Å². The molecule has 0 radical (unpaired) electrons. The number of hydrogen-bond donors (Lipinski definition) is 0. The number of hydrogen-bond acceptors (Lipinski definition) is 2. The van der Waals surface area contributed by atoms with Gasteiger partial charge in [0.2, 0.25) is 0 Å². The summed E-state index contributed by atoms with van der Waals surface area (Å²) < 4.78 is 0. The summed E-state index contributed by atoms with van der Waals surface area (Å²) in [6.07, 6.45) is 30.6. The van der Waals surface area contributed by atoms with Crippen LogP contribution in [0.3, 0.4) is 0 Å². The number of nitrogens with zero attached hydrogens (tertiary/aromatic N) is 2. The Morgan fingerprint density at radius 3 is 0.480 bits per heavy atom. The van der Waals surface area contributed by atoms with E-state index in [1.165, 1.54) is 66.8 Å². The fraction of sp³-hybridized carbons (Fsp3) is 0.0600. The first-order valence-electron chi connectivity index (χ1n) is 35.2. The van der Waals surface area contributed by atoms with E-state index < -0.39 is 0 Å². The highest BCUT2D eigenvalue weighted by Crippen LogP contribution is 2.38. The van der Waals surface area contributed by atoms with Gasteiger partial charge in [-0.05, 0) is 203 Å². The molecule has 0 heterocycles. The summed E-state index contributed by atoms with van der Waals surface area (Å²) in [4.78, 5) is 4.64. The van der Waals surface area contributed by atoms with Gasteiger partial charge in [-0.25, -0.2) is 0 Å². The molecule has 0 atom stereocenters. The van der Waals surface area contributed by atoms with E-state index in [1.807, 2.05) is 0 Å². The second-order valence-electron chi connectivity index (χ2n) is 26.4. The molecular weight excluding hydrogens is 1230 g/mol. The van der Waals surface area contributed by atoms with Gasteiger partial charge in [-0.3, -0.25) is 0 Å². The van der Waals surface area contributed by atoms with Gasteiger partial charge in [-0.15, -0.1) is 0 Å². The van der Waals surface area contributed by atoms with Crippen molar-refractivity contribution in [2.75, 3.05) is 9.80 Å². The average molecular weight is 1310 g/mol. The van der Waals surface area contributed by atoms with Crippen molar-refractivity contribution in [1.82, 2.24) is 0 Å². The number of allylic oxidation sites excluding steroid dienone is 4. The highest BCUT2D eigenvalue weighted by atomic mass is 15.1. The minimum atomic E-state index is 1.09. The van der Waals surface area contributed by atoms with Crippen molar-refractivity contribution in [3.8, 4) is 0 Å². The van der Waals surface area contributed by atoms with Gasteiger partial charge in [-0.1, -0.05) is 361 Å². The average Bonchev–Trinajstić information content (AvgIpc) is 0.786. The molecule has 0 spiro atoms. The van der Waals surface area contributed by atoms with E-state index in [2.05, 4.69) is 452 Å². The Morgan fingerprint density at radius 1 is 0.167 bits per heavy atom. The molecule has 0 bridgehead atoms. The smallest absolute Gasteiger partial charge is 0.0462 e. The van der Waals surface area contributed by atoms with Crippen molar-refractivity contribution in [2.24, 2.45) is 0 Å². The minimum Gasteiger partial charge on any atom is -0.311 e. The van der Waals surface area contributed by atoms with Gasteiger partial charge in [0.1, 0.15) is 0 Å². The van der Waals surface area contributed by atoms with Crippen LogP contribution in [0.5, 0.6) is 0 Å². The molecule has 0 aliphatic rings. The molecule has 13 rings (SSSR count). The molecule has 0 saturated carbocycles. The zero-order chi connectivity index (χ0) is 70.0. The molecule has 102 heavy (non-hydrogen) atoms. The number of rotatable bonds is 22. The SMILES string of the molecule is Cc1ccc(C(=CC=Cc2ccc(C=Cc3ccc(N(c4ccc(C)cc4)c4ccc(C=Cc5ccc(C=Cc6ccc(N(c7ccc(C)cc7)c7ccc(C=Cc8ccc(C=CC=C(c9ccc(C)cc9)c9ccc(C)cc9)cc8)cc7)cc6)cc5)cc4)cc3)cc2)c2ccc(C)cc2)cc1. The van der Waals surface area contributed by atoms with E-state index in [9.17, 15) is 0 Å². The Hall–Kier alpha value is -12.6. The van der Waals surface area contributed by atoms with Crippen LogP contribution in [0.1, 0.15) is 111 Å². The normalized spacial score (nSPS) is 11.6. The van der Waals surface area contributed by atoms with Crippen molar-refractivity contribution in [2.45, 2.75) is 41.5 Å². The van der Waals surface area contributed by atoms with Gasteiger partial charge in [-0.2, -0.15) is 0 Å². The van der Waals surface area contributed by atoms with Crippen molar-refractivity contribution in [1.29, 1.82) is 0 Å². The Labute approximate surface area is 604 Å². The maximum atomic E-state index is 2.32.